The summed E-state index contributed by atoms with van der Waals surface area (Å²) in [5.41, 5.74) is 0. The molecule has 0 saturated heterocycles. The van der Waals surface area contributed by atoms with Gasteiger partial charge in [0.25, 0.3) is 0 Å². The predicted molar refractivity (Wildman–Crippen MR) is 70.9 cm³/mol. The van der Waals surface area contributed by atoms with Crippen LogP contribution >= 0.6 is 31.9 Å². The molecule has 0 aromatic heterocycles. The lowest BCUT2D eigenvalue weighted by Gasteiger charge is -1.97. The minimum absolute atomic E-state index is 0.255. The number of carbonyl (C=O) groups excluding carboxylic acids is 1. The molecule has 84 valence electrons. The Kier molecular flexibility index (Phi) is 13.7. The van der Waals surface area contributed by atoms with Gasteiger partial charge in [0.1, 0.15) is 6.29 Å². The summed E-state index contributed by atoms with van der Waals surface area (Å²) in [5, 5.41) is 0. The van der Waals surface area contributed by atoms with E-state index in [-0.39, 0.29) is 5.92 Å². The third-order valence-corrected chi connectivity index (χ3v) is 2.46. The van der Waals surface area contributed by atoms with Crippen molar-refractivity contribution in [3.05, 3.63) is 9.47 Å². The standard InChI is InChI=1S/C6H10Br2.C5H10O/c1-3-5(2)4-6(7)8;1-3-5(2)4-6/h4-5H,3H2,1-2H3;4-5H,3H2,1-2H3/t2*5-/m11/s1. The third-order valence-electron chi connectivity index (χ3n) is 1.93. The van der Waals surface area contributed by atoms with Crippen molar-refractivity contribution in [3.8, 4) is 0 Å². The van der Waals surface area contributed by atoms with E-state index in [0.717, 1.165) is 16.1 Å². The Hall–Kier alpha value is 0.370. The average Bonchev–Trinajstić information content (AvgIpc) is 2.16. The fourth-order valence-corrected chi connectivity index (χ4v) is 1.33. The van der Waals surface area contributed by atoms with E-state index < -0.39 is 0 Å². The van der Waals surface area contributed by atoms with Crippen molar-refractivity contribution < 1.29 is 4.79 Å². The maximum Gasteiger partial charge on any atom is 0.122 e. The predicted octanol–water partition coefficient (Wildman–Crippen LogP) is 4.90. The van der Waals surface area contributed by atoms with Gasteiger partial charge in [-0.25, -0.2) is 0 Å². The summed E-state index contributed by atoms with van der Waals surface area (Å²) in [6, 6.07) is 0. The Labute approximate surface area is 105 Å². The van der Waals surface area contributed by atoms with E-state index in [0.29, 0.717) is 5.92 Å². The molecular formula is C11H20Br2O. The van der Waals surface area contributed by atoms with E-state index in [4.69, 9.17) is 0 Å². The molecular weight excluding hydrogens is 308 g/mol. The molecule has 0 radical (unpaired) electrons. The van der Waals surface area contributed by atoms with Gasteiger partial charge >= 0.3 is 0 Å². The zero-order valence-corrected chi connectivity index (χ0v) is 12.6. The van der Waals surface area contributed by atoms with Gasteiger partial charge in [-0.05, 0) is 44.2 Å². The normalized spacial score (nSPS) is 13.3. The minimum Gasteiger partial charge on any atom is -0.303 e. The number of hydrogen-bond acceptors (Lipinski definition) is 1. The van der Waals surface area contributed by atoms with Gasteiger partial charge in [0.05, 0.1) is 3.39 Å². The molecule has 0 aliphatic carbocycles. The molecule has 0 spiro atoms. The summed E-state index contributed by atoms with van der Waals surface area (Å²) in [5.74, 6) is 0.925. The van der Waals surface area contributed by atoms with Crippen molar-refractivity contribution >= 4 is 38.1 Å². The number of aldehydes is 1. The second-order valence-corrected chi connectivity index (χ2v) is 6.14. The lowest BCUT2D eigenvalue weighted by Crippen LogP contribution is -1.89. The molecule has 0 aliphatic heterocycles. The average molecular weight is 328 g/mol. The first kappa shape index (κ1) is 16.8. The second-order valence-electron chi connectivity index (χ2n) is 3.36. The lowest BCUT2D eigenvalue weighted by molar-refractivity contribution is -0.110. The molecule has 0 fully saturated rings. The van der Waals surface area contributed by atoms with Crippen LogP contribution in [0, 0.1) is 11.8 Å². The van der Waals surface area contributed by atoms with Crippen LogP contribution in [0.5, 0.6) is 0 Å². The highest BCUT2D eigenvalue weighted by molar-refractivity contribution is 9.28. The summed E-state index contributed by atoms with van der Waals surface area (Å²) in [4.78, 5) is 9.74. The zero-order valence-electron chi connectivity index (χ0n) is 9.39. The van der Waals surface area contributed by atoms with Crippen LogP contribution in [0.1, 0.15) is 40.5 Å². The summed E-state index contributed by atoms with van der Waals surface area (Å²) in [6.07, 6.45) is 5.27. The molecule has 1 nitrogen and oxygen atoms in total. The molecule has 0 aliphatic rings. The topological polar surface area (TPSA) is 17.1 Å². The molecule has 0 amide bonds. The van der Waals surface area contributed by atoms with E-state index in [1.807, 2.05) is 13.8 Å². The van der Waals surface area contributed by atoms with E-state index in [9.17, 15) is 4.79 Å². The maximum atomic E-state index is 9.74. The van der Waals surface area contributed by atoms with Crippen LogP contribution in [-0.4, -0.2) is 6.29 Å². The molecule has 14 heavy (non-hydrogen) atoms. The van der Waals surface area contributed by atoms with Gasteiger partial charge in [0.2, 0.25) is 0 Å². The molecule has 0 heterocycles. The van der Waals surface area contributed by atoms with Crippen LogP contribution in [0.25, 0.3) is 0 Å². The van der Waals surface area contributed by atoms with Crippen molar-refractivity contribution in [2.75, 3.05) is 0 Å². The third kappa shape index (κ3) is 14.9. The van der Waals surface area contributed by atoms with Crippen LogP contribution < -0.4 is 0 Å². The zero-order chi connectivity index (χ0) is 11.6. The summed E-state index contributed by atoms with van der Waals surface area (Å²) in [7, 11) is 0. The fourth-order valence-electron chi connectivity index (χ4n) is 0.429. The highest BCUT2D eigenvalue weighted by atomic mass is 79.9. The van der Waals surface area contributed by atoms with E-state index in [1.165, 1.54) is 6.42 Å². The fraction of sp³-hybridized carbons (Fsp3) is 0.727. The molecule has 2 atom stereocenters. The molecule has 0 N–H and O–H groups in total. The van der Waals surface area contributed by atoms with Gasteiger partial charge in [-0.1, -0.05) is 40.2 Å². The van der Waals surface area contributed by atoms with Gasteiger partial charge in [-0.15, -0.1) is 0 Å². The van der Waals surface area contributed by atoms with Crippen molar-refractivity contribution in [1.82, 2.24) is 0 Å². The first-order valence-electron chi connectivity index (χ1n) is 4.95. The summed E-state index contributed by atoms with van der Waals surface area (Å²) < 4.78 is 1.05. The van der Waals surface area contributed by atoms with Gasteiger partial charge < -0.3 is 4.79 Å². The van der Waals surface area contributed by atoms with Gasteiger partial charge in [-0.3, -0.25) is 0 Å². The Bertz CT molecular complexity index is 163. The Morgan fingerprint density at radius 3 is 1.64 bits per heavy atom. The van der Waals surface area contributed by atoms with Crippen LogP contribution in [0.2, 0.25) is 0 Å². The SMILES string of the molecule is CC[C@@H](C)C=C(Br)Br.CC[C@@H](C)C=O. The number of rotatable bonds is 4. The molecule has 0 aromatic rings. The van der Waals surface area contributed by atoms with Crippen molar-refractivity contribution in [2.24, 2.45) is 11.8 Å². The maximum absolute atomic E-state index is 9.74. The Morgan fingerprint density at radius 1 is 1.14 bits per heavy atom. The van der Waals surface area contributed by atoms with Crippen molar-refractivity contribution in [1.29, 1.82) is 0 Å². The molecule has 0 bridgehead atoms. The molecule has 0 saturated carbocycles. The van der Waals surface area contributed by atoms with Crippen LogP contribution in [0.4, 0.5) is 0 Å². The Balaban J connectivity index is 0. The van der Waals surface area contributed by atoms with E-state index in [1.54, 1.807) is 0 Å². The largest absolute Gasteiger partial charge is 0.303 e. The number of allylic oxidation sites excluding steroid dienone is 1. The van der Waals surface area contributed by atoms with Crippen molar-refractivity contribution in [3.63, 3.8) is 0 Å². The van der Waals surface area contributed by atoms with E-state index in [2.05, 4.69) is 51.8 Å². The molecule has 3 heteroatoms. The number of halogens is 2. The van der Waals surface area contributed by atoms with Crippen LogP contribution in [0.3, 0.4) is 0 Å². The number of hydrogen-bond donors (Lipinski definition) is 0. The summed E-state index contributed by atoms with van der Waals surface area (Å²) in [6.45, 7) is 8.26. The molecule has 0 rings (SSSR count). The number of carbonyl (C=O) groups is 1. The monoisotopic (exact) mass is 326 g/mol. The van der Waals surface area contributed by atoms with Gasteiger partial charge in [0.15, 0.2) is 0 Å². The highest BCUT2D eigenvalue weighted by Gasteiger charge is 1.91. The summed E-state index contributed by atoms with van der Waals surface area (Å²) >= 11 is 6.59. The smallest absolute Gasteiger partial charge is 0.122 e. The highest BCUT2D eigenvalue weighted by Crippen LogP contribution is 2.17. The minimum atomic E-state index is 0.255. The second kappa shape index (κ2) is 11.4. The molecule has 0 aromatic carbocycles. The van der Waals surface area contributed by atoms with Gasteiger partial charge in [-0.2, -0.15) is 0 Å². The van der Waals surface area contributed by atoms with E-state index >= 15 is 0 Å². The Morgan fingerprint density at radius 2 is 1.57 bits per heavy atom. The first-order chi connectivity index (χ1) is 6.47. The lowest BCUT2D eigenvalue weighted by atomic mass is 10.1. The first-order valence-corrected chi connectivity index (χ1v) is 6.54. The van der Waals surface area contributed by atoms with Crippen LogP contribution in [0.15, 0.2) is 9.47 Å². The van der Waals surface area contributed by atoms with Crippen molar-refractivity contribution in [2.45, 2.75) is 40.5 Å². The quantitative estimate of drug-likeness (QED) is 0.671. The molecule has 0 unspecified atom stereocenters. The van der Waals surface area contributed by atoms with Crippen LogP contribution in [-0.2, 0) is 4.79 Å². The van der Waals surface area contributed by atoms with Gasteiger partial charge in [0, 0.05) is 5.92 Å².